The van der Waals surface area contributed by atoms with Crippen molar-refractivity contribution < 1.29 is 34.0 Å². The van der Waals surface area contributed by atoms with Crippen molar-refractivity contribution in [2.75, 3.05) is 0 Å². The van der Waals surface area contributed by atoms with Crippen molar-refractivity contribution in [3.8, 4) is 0 Å². The third-order valence-electron chi connectivity index (χ3n) is 1.63. The summed E-state index contributed by atoms with van der Waals surface area (Å²) in [5.74, 6) is -5.07. The number of aliphatic carboxylic acids is 2. The van der Waals surface area contributed by atoms with Crippen LogP contribution in [0.25, 0.3) is 0 Å². The second-order valence-electron chi connectivity index (χ2n) is 2.67. The van der Waals surface area contributed by atoms with Gasteiger partial charge in [0.25, 0.3) is 0 Å². The lowest BCUT2D eigenvalue weighted by Gasteiger charge is -2.13. The maximum atomic E-state index is 13.2. The second kappa shape index (κ2) is 4.46. The molecule has 0 spiro atoms. The zero-order valence-electron chi connectivity index (χ0n) is 7.40. The number of alkyl halides is 1. The Morgan fingerprint density at radius 3 is 1.69 bits per heavy atom. The van der Waals surface area contributed by atoms with Crippen molar-refractivity contribution in [1.29, 1.82) is 0 Å². The topological polar surface area (TPSA) is 161 Å². The van der Waals surface area contributed by atoms with Gasteiger partial charge in [-0.3, -0.25) is 20.2 Å². The summed E-state index contributed by atoms with van der Waals surface area (Å²) in [4.78, 5) is 37.5. The van der Waals surface area contributed by atoms with Gasteiger partial charge in [-0.2, -0.15) is 0 Å². The number of nitro groups is 2. The molecule has 90 valence electrons. The zero-order chi connectivity index (χ0) is 13.1. The molecule has 0 heterocycles. The number of halogens is 1. The molecule has 0 rings (SSSR count). The van der Waals surface area contributed by atoms with E-state index in [1.165, 1.54) is 0 Å². The normalized spacial score (nSPS) is 11.1. The number of hydrogen-bond acceptors (Lipinski definition) is 6. The standard InChI is InChI=1S/C5H5FN2O8/c6-5(3(9)10,4(11)12)1-2(7(13)14)8(15)16/h2H,1H2,(H,9,10)(H,11,12). The van der Waals surface area contributed by atoms with Gasteiger partial charge in [0.1, 0.15) is 6.42 Å². The minimum atomic E-state index is -4.06. The molecule has 0 unspecified atom stereocenters. The molecule has 0 saturated heterocycles. The maximum Gasteiger partial charge on any atom is 0.455 e. The van der Waals surface area contributed by atoms with Crippen LogP contribution in [0, 0.1) is 20.2 Å². The van der Waals surface area contributed by atoms with Crippen LogP contribution in [-0.4, -0.2) is 43.8 Å². The van der Waals surface area contributed by atoms with E-state index in [0.29, 0.717) is 0 Å². The summed E-state index contributed by atoms with van der Waals surface area (Å²) in [6, 6.07) is 0. The van der Waals surface area contributed by atoms with E-state index >= 15 is 0 Å². The molecule has 0 saturated carbocycles. The molecule has 0 aliphatic carbocycles. The Morgan fingerprint density at radius 1 is 1.19 bits per heavy atom. The summed E-state index contributed by atoms with van der Waals surface area (Å²) in [5.41, 5.74) is -4.06. The van der Waals surface area contributed by atoms with Crippen molar-refractivity contribution in [3.05, 3.63) is 20.2 Å². The fraction of sp³-hybridized carbons (Fsp3) is 0.600. The van der Waals surface area contributed by atoms with Crippen LogP contribution in [-0.2, 0) is 9.59 Å². The Morgan fingerprint density at radius 2 is 1.50 bits per heavy atom. The van der Waals surface area contributed by atoms with E-state index < -0.39 is 40.0 Å². The lowest BCUT2D eigenvalue weighted by atomic mass is 10.0. The first-order valence-corrected chi connectivity index (χ1v) is 3.55. The smallest absolute Gasteiger partial charge is 0.455 e. The van der Waals surface area contributed by atoms with Gasteiger partial charge >= 0.3 is 23.8 Å². The van der Waals surface area contributed by atoms with Crippen molar-refractivity contribution in [1.82, 2.24) is 0 Å². The molecular weight excluding hydrogens is 235 g/mol. The second-order valence-corrected chi connectivity index (χ2v) is 2.67. The molecular formula is C5H5FN2O8. The van der Waals surface area contributed by atoms with Gasteiger partial charge < -0.3 is 10.2 Å². The Kier molecular flexibility index (Phi) is 3.81. The van der Waals surface area contributed by atoms with E-state index in [1.807, 2.05) is 0 Å². The summed E-state index contributed by atoms with van der Waals surface area (Å²) in [7, 11) is 0. The van der Waals surface area contributed by atoms with Crippen molar-refractivity contribution in [3.63, 3.8) is 0 Å². The monoisotopic (exact) mass is 240 g/mol. The fourth-order valence-corrected chi connectivity index (χ4v) is 0.744. The highest BCUT2D eigenvalue weighted by Gasteiger charge is 2.56. The lowest BCUT2D eigenvalue weighted by molar-refractivity contribution is -0.744. The van der Waals surface area contributed by atoms with Crippen molar-refractivity contribution in [2.24, 2.45) is 0 Å². The van der Waals surface area contributed by atoms with Gasteiger partial charge in [-0.05, 0) is 0 Å². The van der Waals surface area contributed by atoms with E-state index in [4.69, 9.17) is 10.2 Å². The molecule has 0 aliphatic rings. The van der Waals surface area contributed by atoms with Crippen LogP contribution >= 0.6 is 0 Å². The number of rotatable bonds is 6. The molecule has 11 heteroatoms. The molecule has 0 radical (unpaired) electrons. The Labute approximate surface area is 85.6 Å². The van der Waals surface area contributed by atoms with Gasteiger partial charge in [0.05, 0.1) is 9.85 Å². The third kappa shape index (κ3) is 2.59. The maximum absolute atomic E-state index is 13.2. The average Bonchev–Trinajstić information content (AvgIpc) is 2.11. The zero-order valence-corrected chi connectivity index (χ0v) is 7.40. The first-order chi connectivity index (χ1) is 7.12. The molecule has 0 amide bonds. The van der Waals surface area contributed by atoms with Crippen LogP contribution in [0.2, 0.25) is 0 Å². The van der Waals surface area contributed by atoms with Crippen molar-refractivity contribution >= 4 is 11.9 Å². The number of carbonyl (C=O) groups is 2. The minimum Gasteiger partial charge on any atom is -0.478 e. The third-order valence-corrected chi connectivity index (χ3v) is 1.63. The van der Waals surface area contributed by atoms with E-state index in [2.05, 4.69) is 0 Å². The summed E-state index contributed by atoms with van der Waals surface area (Å²) >= 11 is 0. The lowest BCUT2D eigenvalue weighted by Crippen LogP contribution is -2.48. The highest BCUT2D eigenvalue weighted by atomic mass is 19.1. The summed E-state index contributed by atoms with van der Waals surface area (Å²) in [6.45, 7) is 0. The van der Waals surface area contributed by atoms with Gasteiger partial charge in [-0.25, -0.2) is 14.0 Å². The van der Waals surface area contributed by atoms with Gasteiger partial charge in [0, 0.05) is 0 Å². The van der Waals surface area contributed by atoms with E-state index in [-0.39, 0.29) is 0 Å². The molecule has 0 aromatic rings. The van der Waals surface area contributed by atoms with Gasteiger partial charge in [0.2, 0.25) is 0 Å². The first-order valence-electron chi connectivity index (χ1n) is 3.55. The van der Waals surface area contributed by atoms with E-state index in [9.17, 15) is 34.2 Å². The fourth-order valence-electron chi connectivity index (χ4n) is 0.744. The van der Waals surface area contributed by atoms with Crippen LogP contribution in [0.15, 0.2) is 0 Å². The van der Waals surface area contributed by atoms with Gasteiger partial charge in [0.15, 0.2) is 0 Å². The molecule has 0 bridgehead atoms. The van der Waals surface area contributed by atoms with E-state index in [0.717, 1.165) is 0 Å². The van der Waals surface area contributed by atoms with Gasteiger partial charge in [-0.15, -0.1) is 0 Å². The van der Waals surface area contributed by atoms with Crippen LogP contribution in [0.5, 0.6) is 0 Å². The molecule has 0 fully saturated rings. The minimum absolute atomic E-state index is 1.57. The molecule has 10 nitrogen and oxygen atoms in total. The summed E-state index contributed by atoms with van der Waals surface area (Å²) in [6.07, 6.45) is -4.73. The summed E-state index contributed by atoms with van der Waals surface area (Å²) < 4.78 is 13.2. The largest absolute Gasteiger partial charge is 0.478 e. The van der Waals surface area contributed by atoms with Crippen LogP contribution in [0.1, 0.15) is 6.42 Å². The highest BCUT2D eigenvalue weighted by molar-refractivity contribution is 6.01. The quantitative estimate of drug-likeness (QED) is 0.262. The number of carboxylic acid groups (broad SMARTS) is 2. The Balaban J connectivity index is 5.16. The predicted octanol–water partition coefficient (Wildman–Crippen LogP) is -0.867. The van der Waals surface area contributed by atoms with Crippen LogP contribution < -0.4 is 0 Å². The average molecular weight is 240 g/mol. The Bertz CT molecular complexity index is 326. The van der Waals surface area contributed by atoms with Crippen molar-refractivity contribution in [2.45, 2.75) is 18.3 Å². The molecule has 16 heavy (non-hydrogen) atoms. The molecule has 0 aliphatic heterocycles. The Hall–Kier alpha value is -2.33. The molecule has 0 atom stereocenters. The molecule has 0 aromatic heterocycles. The van der Waals surface area contributed by atoms with Gasteiger partial charge in [-0.1, -0.05) is 0 Å². The number of nitrogens with zero attached hydrogens (tertiary/aromatic N) is 2. The van der Waals surface area contributed by atoms with E-state index in [1.54, 1.807) is 0 Å². The molecule has 0 aromatic carbocycles. The number of carboxylic acids is 2. The number of hydrogen-bond donors (Lipinski definition) is 2. The first kappa shape index (κ1) is 13.7. The molecule has 2 N–H and O–H groups in total. The SMILES string of the molecule is O=C(O)C(F)(CC([N+](=O)[O-])[N+](=O)[O-])C(=O)O. The van der Waals surface area contributed by atoms with Crippen LogP contribution in [0.4, 0.5) is 4.39 Å². The van der Waals surface area contributed by atoms with Crippen LogP contribution in [0.3, 0.4) is 0 Å². The highest BCUT2D eigenvalue weighted by Crippen LogP contribution is 2.21. The predicted molar refractivity (Wildman–Crippen MR) is 41.5 cm³/mol. The summed E-state index contributed by atoms with van der Waals surface area (Å²) in [5, 5.41) is 36.6.